The standard InChI is InChI=1S/C24H24F5NO4/c1-5-22(25,26)23(33,24(27,28)29)15-7-9-16(10-8-15)30-20(32)14-6-11-18-17(12-14)13(2)19(31)21(3,4)34-18/h5-13,19,31,33H,1H2,2-4H3,(H,30,32)/t13-,19+,23?/m1/s1. The SMILES string of the molecule is C=CC(F)(F)C(O)(c1ccc(NC(=O)c2ccc3c(c2)[C@@H](C)[C@H](O)C(C)(C)O3)cc1)C(F)(F)F. The number of halogens is 5. The maximum atomic E-state index is 14.0. The fourth-order valence-electron chi connectivity index (χ4n) is 3.95. The topological polar surface area (TPSA) is 78.8 Å². The summed E-state index contributed by atoms with van der Waals surface area (Å²) in [7, 11) is 0. The Morgan fingerprint density at radius 3 is 2.24 bits per heavy atom. The summed E-state index contributed by atoms with van der Waals surface area (Å²) in [5.41, 5.74) is -5.61. The van der Waals surface area contributed by atoms with Crippen LogP contribution in [0.5, 0.6) is 5.75 Å². The maximum Gasteiger partial charge on any atom is 0.427 e. The van der Waals surface area contributed by atoms with Crippen molar-refractivity contribution < 1.29 is 41.7 Å². The van der Waals surface area contributed by atoms with E-state index in [1.54, 1.807) is 26.8 Å². The minimum Gasteiger partial charge on any atom is -0.485 e. The van der Waals surface area contributed by atoms with Gasteiger partial charge in [0.25, 0.3) is 11.5 Å². The molecule has 1 heterocycles. The number of carbonyl (C=O) groups is 1. The van der Waals surface area contributed by atoms with Crippen molar-refractivity contribution in [2.24, 2.45) is 0 Å². The number of carbonyl (C=O) groups excluding carboxylic acids is 1. The first-order chi connectivity index (χ1) is 15.5. The van der Waals surface area contributed by atoms with Gasteiger partial charge in [-0.3, -0.25) is 4.79 Å². The summed E-state index contributed by atoms with van der Waals surface area (Å²) in [6, 6.07) is 7.85. The van der Waals surface area contributed by atoms with Gasteiger partial charge in [-0.05, 0) is 55.8 Å². The van der Waals surface area contributed by atoms with Crippen molar-refractivity contribution in [3.63, 3.8) is 0 Å². The molecule has 0 radical (unpaired) electrons. The van der Waals surface area contributed by atoms with Crippen molar-refractivity contribution in [3.05, 3.63) is 71.8 Å². The number of amides is 1. The van der Waals surface area contributed by atoms with Gasteiger partial charge >= 0.3 is 12.1 Å². The molecule has 2 aromatic carbocycles. The van der Waals surface area contributed by atoms with Crippen LogP contribution in [0, 0.1) is 0 Å². The van der Waals surface area contributed by atoms with Crippen molar-refractivity contribution in [3.8, 4) is 5.75 Å². The number of hydrogen-bond acceptors (Lipinski definition) is 4. The second-order valence-electron chi connectivity index (χ2n) is 8.76. The summed E-state index contributed by atoms with van der Waals surface area (Å²) in [5.74, 6) is -5.14. The molecule has 1 aliphatic heterocycles. The van der Waals surface area contributed by atoms with Gasteiger partial charge in [0.05, 0.1) is 6.10 Å². The van der Waals surface area contributed by atoms with E-state index >= 15 is 0 Å². The molecule has 0 aliphatic carbocycles. The molecule has 34 heavy (non-hydrogen) atoms. The predicted molar refractivity (Wildman–Crippen MR) is 115 cm³/mol. The van der Waals surface area contributed by atoms with E-state index in [0.29, 0.717) is 23.4 Å². The van der Waals surface area contributed by atoms with Crippen LogP contribution < -0.4 is 10.1 Å². The first kappa shape index (κ1) is 25.6. The van der Waals surface area contributed by atoms with Gasteiger partial charge in [0.1, 0.15) is 11.4 Å². The molecule has 1 aliphatic rings. The zero-order valence-electron chi connectivity index (χ0n) is 18.6. The Balaban J connectivity index is 1.86. The lowest BCUT2D eigenvalue weighted by atomic mass is 9.82. The Morgan fingerprint density at radius 2 is 1.71 bits per heavy atom. The van der Waals surface area contributed by atoms with Crippen LogP contribution in [0.15, 0.2) is 55.1 Å². The second kappa shape index (κ2) is 8.35. The lowest BCUT2D eigenvalue weighted by Crippen LogP contribution is -2.55. The lowest BCUT2D eigenvalue weighted by molar-refractivity contribution is -0.327. The van der Waals surface area contributed by atoms with Crippen LogP contribution in [0.1, 0.15) is 48.2 Å². The molecule has 5 nitrogen and oxygen atoms in total. The van der Waals surface area contributed by atoms with Crippen LogP contribution in [0.4, 0.5) is 27.6 Å². The molecule has 0 saturated heterocycles. The van der Waals surface area contributed by atoms with E-state index in [-0.39, 0.29) is 23.2 Å². The van der Waals surface area contributed by atoms with Gasteiger partial charge in [-0.25, -0.2) is 0 Å². The van der Waals surface area contributed by atoms with E-state index in [4.69, 9.17) is 4.74 Å². The molecule has 3 atom stereocenters. The summed E-state index contributed by atoms with van der Waals surface area (Å²) >= 11 is 0. The summed E-state index contributed by atoms with van der Waals surface area (Å²) < 4.78 is 73.9. The van der Waals surface area contributed by atoms with E-state index in [1.807, 2.05) is 0 Å². The molecule has 2 aromatic rings. The third kappa shape index (κ3) is 4.16. The van der Waals surface area contributed by atoms with Gasteiger partial charge in [0.2, 0.25) is 0 Å². The number of fused-ring (bicyclic) bond motifs is 1. The van der Waals surface area contributed by atoms with E-state index in [1.165, 1.54) is 12.1 Å². The first-order valence-electron chi connectivity index (χ1n) is 10.3. The molecule has 1 unspecified atom stereocenters. The largest absolute Gasteiger partial charge is 0.485 e. The van der Waals surface area contributed by atoms with Crippen molar-refractivity contribution in [1.29, 1.82) is 0 Å². The summed E-state index contributed by atoms with van der Waals surface area (Å²) in [6.07, 6.45) is -6.79. The van der Waals surface area contributed by atoms with Gasteiger partial charge in [-0.1, -0.05) is 25.6 Å². The highest BCUT2D eigenvalue weighted by molar-refractivity contribution is 6.04. The van der Waals surface area contributed by atoms with E-state index in [9.17, 15) is 37.0 Å². The highest BCUT2D eigenvalue weighted by Gasteiger charge is 2.68. The molecule has 0 saturated carbocycles. The molecule has 1 amide bonds. The van der Waals surface area contributed by atoms with E-state index in [0.717, 1.165) is 12.1 Å². The van der Waals surface area contributed by atoms with Crippen LogP contribution in [-0.4, -0.2) is 39.9 Å². The molecule has 0 fully saturated rings. The molecule has 3 N–H and O–H groups in total. The molecule has 0 aromatic heterocycles. The summed E-state index contributed by atoms with van der Waals surface area (Å²) in [5, 5.41) is 22.8. The Hall–Kier alpha value is -2.98. The third-order valence-corrected chi connectivity index (χ3v) is 6.03. The molecular formula is C24H24F5NO4. The minimum atomic E-state index is -5.70. The number of rotatable bonds is 5. The quantitative estimate of drug-likeness (QED) is 0.405. The summed E-state index contributed by atoms with van der Waals surface area (Å²) in [6.45, 7) is 7.96. The van der Waals surface area contributed by atoms with Gasteiger partial charge in [0.15, 0.2) is 0 Å². The number of benzene rings is 2. The molecule has 3 rings (SSSR count). The zero-order chi connectivity index (χ0) is 25.7. The normalized spacial score (nSPS) is 21.6. The van der Waals surface area contributed by atoms with Crippen molar-refractivity contribution >= 4 is 11.6 Å². The molecule has 10 heteroatoms. The number of aliphatic hydroxyl groups is 2. The van der Waals surface area contributed by atoms with Gasteiger partial charge in [-0.2, -0.15) is 22.0 Å². The van der Waals surface area contributed by atoms with E-state index < -0.39 is 40.9 Å². The van der Waals surface area contributed by atoms with Crippen molar-refractivity contribution in [2.75, 3.05) is 5.32 Å². The highest BCUT2D eigenvalue weighted by Crippen LogP contribution is 2.50. The smallest absolute Gasteiger partial charge is 0.427 e. The van der Waals surface area contributed by atoms with Crippen molar-refractivity contribution in [1.82, 2.24) is 0 Å². The number of nitrogens with one attached hydrogen (secondary N) is 1. The average Bonchev–Trinajstić information content (AvgIpc) is 2.76. The van der Waals surface area contributed by atoms with Crippen LogP contribution >= 0.6 is 0 Å². The maximum absolute atomic E-state index is 14.0. The second-order valence-corrected chi connectivity index (χ2v) is 8.76. The highest BCUT2D eigenvalue weighted by atomic mass is 19.4. The zero-order valence-corrected chi connectivity index (χ0v) is 18.6. The number of aliphatic hydroxyl groups excluding tert-OH is 1. The number of ether oxygens (including phenoxy) is 1. The number of anilines is 1. The molecular weight excluding hydrogens is 461 g/mol. The Morgan fingerprint density at radius 1 is 1.12 bits per heavy atom. The van der Waals surface area contributed by atoms with Gasteiger partial charge < -0.3 is 20.3 Å². The Kier molecular flexibility index (Phi) is 6.30. The summed E-state index contributed by atoms with van der Waals surface area (Å²) in [4.78, 5) is 12.7. The predicted octanol–water partition coefficient (Wildman–Crippen LogP) is 5.15. The monoisotopic (exact) mass is 485 g/mol. The third-order valence-electron chi connectivity index (χ3n) is 6.03. The minimum absolute atomic E-state index is 0.0170. The van der Waals surface area contributed by atoms with Gasteiger partial charge in [-0.15, -0.1) is 0 Å². The van der Waals surface area contributed by atoms with Crippen LogP contribution in [0.2, 0.25) is 0 Å². The molecule has 0 spiro atoms. The molecule has 184 valence electrons. The molecule has 0 bridgehead atoms. The van der Waals surface area contributed by atoms with E-state index in [2.05, 4.69) is 11.9 Å². The van der Waals surface area contributed by atoms with Crippen LogP contribution in [0.25, 0.3) is 0 Å². The van der Waals surface area contributed by atoms with Crippen molar-refractivity contribution in [2.45, 2.75) is 56.1 Å². The Bertz CT molecular complexity index is 1100. The van der Waals surface area contributed by atoms with Crippen LogP contribution in [0.3, 0.4) is 0 Å². The lowest BCUT2D eigenvalue weighted by Gasteiger charge is -2.41. The average molecular weight is 485 g/mol. The number of alkyl halides is 5. The van der Waals surface area contributed by atoms with Gasteiger partial charge in [0, 0.05) is 22.7 Å². The first-order valence-corrected chi connectivity index (χ1v) is 10.3. The number of hydrogen-bond donors (Lipinski definition) is 3. The fraction of sp³-hybridized carbons (Fsp3) is 0.375. The Labute approximate surface area is 192 Å². The fourth-order valence-corrected chi connectivity index (χ4v) is 3.95. The van der Waals surface area contributed by atoms with Crippen LogP contribution in [-0.2, 0) is 5.60 Å².